The molecule has 24 heavy (non-hydrogen) atoms. The highest BCUT2D eigenvalue weighted by Crippen LogP contribution is 2.21. The number of amides is 1. The van der Waals surface area contributed by atoms with Crippen molar-refractivity contribution in [2.45, 2.75) is 0 Å². The Kier molecular flexibility index (Phi) is 3.66. The number of para-hydroxylation sites is 1. The lowest BCUT2D eigenvalue weighted by atomic mass is 10.2. The molecule has 0 bridgehead atoms. The van der Waals surface area contributed by atoms with Gasteiger partial charge >= 0.3 is 5.91 Å². The number of carbonyl (C=O) groups excluding carboxylic acids is 1. The second kappa shape index (κ2) is 5.98. The second-order valence-electron chi connectivity index (χ2n) is 5.28. The quantitative estimate of drug-likeness (QED) is 0.406. The first kappa shape index (κ1) is 14.7. The molecule has 0 aliphatic heterocycles. The number of aromatic nitrogens is 1. The van der Waals surface area contributed by atoms with Crippen molar-refractivity contribution in [2.24, 2.45) is 5.10 Å². The monoisotopic (exact) mass is 381 g/mol. The summed E-state index contributed by atoms with van der Waals surface area (Å²) in [5.74, 6) is -0.154. The Hall–Kier alpha value is -2.86. The summed E-state index contributed by atoms with van der Waals surface area (Å²) in [7, 11) is 0. The molecular weight excluding hydrogens is 370 g/mol. The zero-order chi connectivity index (χ0) is 16.5. The first-order valence-corrected chi connectivity index (χ1v) is 8.08. The van der Waals surface area contributed by atoms with Crippen LogP contribution < -0.4 is 5.43 Å². The molecule has 0 fully saturated rings. The van der Waals surface area contributed by atoms with Gasteiger partial charge in [0.1, 0.15) is 5.58 Å². The molecule has 0 aliphatic rings. The van der Waals surface area contributed by atoms with Crippen molar-refractivity contribution in [1.82, 2.24) is 10.4 Å². The molecule has 0 unspecified atom stereocenters. The fourth-order valence-electron chi connectivity index (χ4n) is 2.53. The molecule has 6 heteroatoms. The zero-order valence-electron chi connectivity index (χ0n) is 12.4. The molecule has 4 aromatic rings. The molecular formula is C18H12BrN3O2. The van der Waals surface area contributed by atoms with Crippen molar-refractivity contribution in [3.8, 4) is 0 Å². The summed E-state index contributed by atoms with van der Waals surface area (Å²) in [5, 5.41) is 5.92. The number of hydrazone groups is 1. The van der Waals surface area contributed by atoms with Crippen molar-refractivity contribution < 1.29 is 9.21 Å². The molecule has 2 aromatic heterocycles. The van der Waals surface area contributed by atoms with Crippen LogP contribution in [0.3, 0.4) is 0 Å². The zero-order valence-corrected chi connectivity index (χ0v) is 14.0. The van der Waals surface area contributed by atoms with Crippen molar-refractivity contribution in [3.63, 3.8) is 0 Å². The van der Waals surface area contributed by atoms with E-state index < -0.39 is 0 Å². The number of hydrogen-bond acceptors (Lipinski definition) is 3. The van der Waals surface area contributed by atoms with Gasteiger partial charge in [0.05, 0.1) is 6.21 Å². The average molecular weight is 382 g/mol. The van der Waals surface area contributed by atoms with E-state index in [-0.39, 0.29) is 11.7 Å². The van der Waals surface area contributed by atoms with Gasteiger partial charge in [-0.05, 0) is 30.3 Å². The lowest BCUT2D eigenvalue weighted by molar-refractivity contribution is 0.0929. The molecule has 2 heterocycles. The molecule has 2 N–H and O–H groups in total. The van der Waals surface area contributed by atoms with Crippen LogP contribution in [0.25, 0.3) is 21.9 Å². The van der Waals surface area contributed by atoms with E-state index in [0.29, 0.717) is 5.58 Å². The minimum Gasteiger partial charge on any atom is -0.451 e. The third kappa shape index (κ3) is 2.72. The van der Waals surface area contributed by atoms with Crippen LogP contribution in [0.4, 0.5) is 0 Å². The summed E-state index contributed by atoms with van der Waals surface area (Å²) in [6.07, 6.45) is 3.44. The van der Waals surface area contributed by atoms with E-state index in [4.69, 9.17) is 4.42 Å². The van der Waals surface area contributed by atoms with Gasteiger partial charge in [0.15, 0.2) is 5.76 Å². The van der Waals surface area contributed by atoms with Crippen LogP contribution in [0, 0.1) is 0 Å². The van der Waals surface area contributed by atoms with E-state index in [1.165, 1.54) is 0 Å². The molecule has 4 rings (SSSR count). The Bertz CT molecular complexity index is 1050. The molecule has 1 amide bonds. The molecule has 0 atom stereocenters. The summed E-state index contributed by atoms with van der Waals surface area (Å²) < 4.78 is 6.49. The number of halogens is 1. The Labute approximate surface area is 145 Å². The molecule has 0 radical (unpaired) electrons. The highest BCUT2D eigenvalue weighted by atomic mass is 79.9. The lowest BCUT2D eigenvalue weighted by Crippen LogP contribution is -2.16. The summed E-state index contributed by atoms with van der Waals surface area (Å²) >= 11 is 3.45. The summed E-state index contributed by atoms with van der Waals surface area (Å²) in [6.45, 7) is 0. The summed E-state index contributed by atoms with van der Waals surface area (Å²) in [5.41, 5.74) is 5.05. The Morgan fingerprint density at radius 2 is 2.08 bits per heavy atom. The average Bonchev–Trinajstić information content (AvgIpc) is 3.18. The predicted molar refractivity (Wildman–Crippen MR) is 97.3 cm³/mol. The normalized spacial score (nSPS) is 11.5. The van der Waals surface area contributed by atoms with Crippen LogP contribution in [-0.4, -0.2) is 17.1 Å². The van der Waals surface area contributed by atoms with Gasteiger partial charge in [-0.2, -0.15) is 5.10 Å². The SMILES string of the molecule is O=C(N/N=C/c1c[nH]c2ccc(Br)cc12)c1cc2ccccc2o1. The third-order valence-electron chi connectivity index (χ3n) is 3.69. The van der Waals surface area contributed by atoms with Crippen LogP contribution in [0.15, 0.2) is 68.7 Å². The Balaban J connectivity index is 1.53. The smallest absolute Gasteiger partial charge is 0.307 e. The van der Waals surface area contributed by atoms with Crippen LogP contribution in [-0.2, 0) is 0 Å². The number of H-pyrrole nitrogens is 1. The highest BCUT2D eigenvalue weighted by Gasteiger charge is 2.11. The van der Waals surface area contributed by atoms with Crippen LogP contribution in [0.5, 0.6) is 0 Å². The molecule has 2 aromatic carbocycles. The van der Waals surface area contributed by atoms with Gasteiger partial charge in [-0.15, -0.1) is 0 Å². The molecule has 0 saturated carbocycles. The minimum absolute atomic E-state index is 0.232. The van der Waals surface area contributed by atoms with Gasteiger partial charge in [-0.1, -0.05) is 34.1 Å². The Morgan fingerprint density at radius 1 is 1.21 bits per heavy atom. The van der Waals surface area contributed by atoms with Crippen molar-refractivity contribution >= 4 is 49.9 Å². The van der Waals surface area contributed by atoms with Crippen LogP contribution in [0.2, 0.25) is 0 Å². The maximum atomic E-state index is 12.1. The van der Waals surface area contributed by atoms with E-state index in [2.05, 4.69) is 31.4 Å². The van der Waals surface area contributed by atoms with Gasteiger partial charge in [0.25, 0.3) is 0 Å². The molecule has 0 spiro atoms. The fraction of sp³-hybridized carbons (Fsp3) is 0. The number of aromatic amines is 1. The maximum Gasteiger partial charge on any atom is 0.307 e. The van der Waals surface area contributed by atoms with Gasteiger partial charge in [0.2, 0.25) is 0 Å². The number of furan rings is 1. The minimum atomic E-state index is -0.386. The predicted octanol–water partition coefficient (Wildman–Crippen LogP) is 4.44. The largest absolute Gasteiger partial charge is 0.451 e. The number of benzene rings is 2. The number of nitrogens with zero attached hydrogens (tertiary/aromatic N) is 1. The molecule has 0 saturated heterocycles. The van der Waals surface area contributed by atoms with Gasteiger partial charge in [-0.25, -0.2) is 5.43 Å². The molecule has 0 aliphatic carbocycles. The fourth-order valence-corrected chi connectivity index (χ4v) is 2.89. The number of nitrogens with one attached hydrogen (secondary N) is 2. The van der Waals surface area contributed by atoms with E-state index in [1.54, 1.807) is 12.3 Å². The number of hydrogen-bond donors (Lipinski definition) is 2. The first-order chi connectivity index (χ1) is 11.7. The molecule has 118 valence electrons. The highest BCUT2D eigenvalue weighted by molar-refractivity contribution is 9.10. The molecule has 5 nitrogen and oxygen atoms in total. The summed E-state index contributed by atoms with van der Waals surface area (Å²) in [4.78, 5) is 15.3. The van der Waals surface area contributed by atoms with Gasteiger partial charge < -0.3 is 9.40 Å². The first-order valence-electron chi connectivity index (χ1n) is 7.29. The van der Waals surface area contributed by atoms with E-state index in [0.717, 1.165) is 26.3 Å². The van der Waals surface area contributed by atoms with Crippen molar-refractivity contribution in [1.29, 1.82) is 0 Å². The number of fused-ring (bicyclic) bond motifs is 2. The maximum absolute atomic E-state index is 12.1. The van der Waals surface area contributed by atoms with Crippen LogP contribution in [0.1, 0.15) is 16.1 Å². The number of rotatable bonds is 3. The van der Waals surface area contributed by atoms with Crippen LogP contribution >= 0.6 is 15.9 Å². The van der Waals surface area contributed by atoms with E-state index in [1.807, 2.05) is 48.7 Å². The number of carbonyl (C=O) groups is 1. The van der Waals surface area contributed by atoms with E-state index >= 15 is 0 Å². The Morgan fingerprint density at radius 3 is 2.96 bits per heavy atom. The van der Waals surface area contributed by atoms with Gasteiger partial charge in [-0.3, -0.25) is 4.79 Å². The third-order valence-corrected chi connectivity index (χ3v) is 4.19. The van der Waals surface area contributed by atoms with Crippen molar-refractivity contribution in [2.75, 3.05) is 0 Å². The van der Waals surface area contributed by atoms with Gasteiger partial charge in [0, 0.05) is 32.5 Å². The van der Waals surface area contributed by atoms with Crippen molar-refractivity contribution in [3.05, 3.63) is 70.5 Å². The topological polar surface area (TPSA) is 70.4 Å². The standard InChI is InChI=1S/C18H12BrN3O2/c19-13-5-6-15-14(8-13)12(9-20-15)10-21-22-18(23)17-7-11-3-1-2-4-16(11)24-17/h1-10,20H,(H,22,23)/b21-10+. The second-order valence-corrected chi connectivity index (χ2v) is 6.20. The van der Waals surface area contributed by atoms with E-state index in [9.17, 15) is 4.79 Å². The summed E-state index contributed by atoms with van der Waals surface area (Å²) in [6, 6.07) is 15.1. The lowest BCUT2D eigenvalue weighted by Gasteiger charge is -1.95.